The molecule has 0 aromatic rings. The average molecular weight is 202 g/mol. The maximum absolute atomic E-state index is 8.86. The highest BCUT2D eigenvalue weighted by atomic mass is 16.3. The lowest BCUT2D eigenvalue weighted by Crippen LogP contribution is -2.43. The second-order valence-corrected chi connectivity index (χ2v) is 4.35. The van der Waals surface area contributed by atoms with Gasteiger partial charge >= 0.3 is 0 Å². The summed E-state index contributed by atoms with van der Waals surface area (Å²) in [6, 6.07) is 0.804. The van der Waals surface area contributed by atoms with Crippen molar-refractivity contribution in [2.75, 3.05) is 13.2 Å². The molecular weight excluding hydrogens is 176 g/mol. The maximum Gasteiger partial charge on any atom is 0.0445 e. The molecule has 0 amide bonds. The molecule has 0 aliphatic heterocycles. The first-order chi connectivity index (χ1) is 6.63. The lowest BCUT2D eigenvalue weighted by atomic mass is 10.0. The first-order valence-corrected chi connectivity index (χ1v) is 5.70. The standard InChI is InChI=1S/C11H26N2O/c1-4-10(5-6-14)13-11(8-12)7-9(2)3/h9-11,13-14H,4-8,12H2,1-3H3. The molecule has 0 aliphatic rings. The van der Waals surface area contributed by atoms with Crippen molar-refractivity contribution < 1.29 is 5.11 Å². The predicted octanol–water partition coefficient (Wildman–Crippen LogP) is 1.11. The van der Waals surface area contributed by atoms with E-state index in [0.29, 0.717) is 24.5 Å². The van der Waals surface area contributed by atoms with Crippen LogP contribution in [0, 0.1) is 5.92 Å². The van der Waals surface area contributed by atoms with E-state index in [9.17, 15) is 0 Å². The quantitative estimate of drug-likeness (QED) is 0.552. The fourth-order valence-corrected chi connectivity index (χ4v) is 1.70. The van der Waals surface area contributed by atoms with E-state index in [1.807, 2.05) is 0 Å². The van der Waals surface area contributed by atoms with E-state index in [4.69, 9.17) is 10.8 Å². The zero-order chi connectivity index (χ0) is 11.0. The Balaban J connectivity index is 3.87. The van der Waals surface area contributed by atoms with Gasteiger partial charge in [0, 0.05) is 25.2 Å². The third-order valence-corrected chi connectivity index (χ3v) is 2.48. The summed E-state index contributed by atoms with van der Waals surface area (Å²) in [5.74, 6) is 0.669. The predicted molar refractivity (Wildman–Crippen MR) is 61.2 cm³/mol. The molecule has 0 aliphatic carbocycles. The number of hydrogen-bond donors (Lipinski definition) is 3. The molecule has 14 heavy (non-hydrogen) atoms. The SMILES string of the molecule is CCC(CCO)NC(CN)CC(C)C. The summed E-state index contributed by atoms with van der Waals surface area (Å²) in [6.45, 7) is 7.48. The fourth-order valence-electron chi connectivity index (χ4n) is 1.70. The molecule has 4 N–H and O–H groups in total. The summed E-state index contributed by atoms with van der Waals surface area (Å²) < 4.78 is 0. The maximum atomic E-state index is 8.86. The van der Waals surface area contributed by atoms with Crippen LogP contribution >= 0.6 is 0 Å². The molecule has 0 saturated carbocycles. The van der Waals surface area contributed by atoms with Gasteiger partial charge in [-0.3, -0.25) is 0 Å². The molecule has 2 unspecified atom stereocenters. The van der Waals surface area contributed by atoms with Crippen molar-refractivity contribution in [1.29, 1.82) is 0 Å². The highest BCUT2D eigenvalue weighted by Crippen LogP contribution is 2.06. The molecular formula is C11H26N2O. The average Bonchev–Trinajstić information content (AvgIpc) is 2.15. The largest absolute Gasteiger partial charge is 0.396 e. The highest BCUT2D eigenvalue weighted by molar-refractivity contribution is 4.75. The van der Waals surface area contributed by atoms with Crippen LogP contribution in [-0.2, 0) is 0 Å². The van der Waals surface area contributed by atoms with Gasteiger partial charge in [0.25, 0.3) is 0 Å². The van der Waals surface area contributed by atoms with Gasteiger partial charge in [0.05, 0.1) is 0 Å². The zero-order valence-electron chi connectivity index (χ0n) is 9.79. The zero-order valence-corrected chi connectivity index (χ0v) is 9.79. The van der Waals surface area contributed by atoms with Gasteiger partial charge in [-0.25, -0.2) is 0 Å². The molecule has 0 spiro atoms. The van der Waals surface area contributed by atoms with Gasteiger partial charge in [-0.1, -0.05) is 20.8 Å². The van der Waals surface area contributed by atoms with Crippen molar-refractivity contribution >= 4 is 0 Å². The molecule has 0 bridgehead atoms. The Hall–Kier alpha value is -0.120. The second-order valence-electron chi connectivity index (χ2n) is 4.35. The van der Waals surface area contributed by atoms with Crippen molar-refractivity contribution in [2.24, 2.45) is 11.7 Å². The summed E-state index contributed by atoms with van der Waals surface area (Å²) in [6.07, 6.45) is 2.98. The summed E-state index contributed by atoms with van der Waals surface area (Å²) in [5.41, 5.74) is 5.70. The minimum Gasteiger partial charge on any atom is -0.396 e. The van der Waals surface area contributed by atoms with E-state index in [1.54, 1.807) is 0 Å². The minimum absolute atomic E-state index is 0.254. The molecule has 0 heterocycles. The smallest absolute Gasteiger partial charge is 0.0445 e. The van der Waals surface area contributed by atoms with Crippen molar-refractivity contribution in [3.63, 3.8) is 0 Å². The number of aliphatic hydroxyl groups excluding tert-OH is 1. The van der Waals surface area contributed by atoms with Crippen LogP contribution in [0.25, 0.3) is 0 Å². The molecule has 0 saturated heterocycles. The van der Waals surface area contributed by atoms with E-state index >= 15 is 0 Å². The second kappa shape index (κ2) is 8.21. The number of hydrogen-bond acceptors (Lipinski definition) is 3. The van der Waals surface area contributed by atoms with Crippen molar-refractivity contribution in [3.8, 4) is 0 Å². The van der Waals surface area contributed by atoms with Crippen LogP contribution in [0.5, 0.6) is 0 Å². The van der Waals surface area contributed by atoms with Gasteiger partial charge in [0.1, 0.15) is 0 Å². The van der Waals surface area contributed by atoms with Gasteiger partial charge in [0.2, 0.25) is 0 Å². The van der Waals surface area contributed by atoms with Gasteiger partial charge in [-0.15, -0.1) is 0 Å². The van der Waals surface area contributed by atoms with Gasteiger partial charge < -0.3 is 16.2 Å². The Labute approximate surface area is 88.1 Å². The summed E-state index contributed by atoms with van der Waals surface area (Å²) >= 11 is 0. The minimum atomic E-state index is 0.254. The Kier molecular flexibility index (Phi) is 8.14. The van der Waals surface area contributed by atoms with E-state index < -0.39 is 0 Å². The summed E-state index contributed by atoms with van der Waals surface area (Å²) in [7, 11) is 0. The van der Waals surface area contributed by atoms with Gasteiger partial charge in [0.15, 0.2) is 0 Å². The molecule has 0 aromatic heterocycles. The number of rotatable bonds is 8. The third kappa shape index (κ3) is 6.35. The monoisotopic (exact) mass is 202 g/mol. The molecule has 3 heteroatoms. The van der Waals surface area contributed by atoms with Crippen LogP contribution in [0.1, 0.15) is 40.0 Å². The molecule has 0 aromatic carbocycles. The van der Waals surface area contributed by atoms with E-state index in [2.05, 4.69) is 26.1 Å². The van der Waals surface area contributed by atoms with E-state index in [-0.39, 0.29) is 6.61 Å². The van der Waals surface area contributed by atoms with Crippen molar-refractivity contribution in [2.45, 2.75) is 52.1 Å². The lowest BCUT2D eigenvalue weighted by molar-refractivity contribution is 0.251. The molecule has 0 rings (SSSR count). The van der Waals surface area contributed by atoms with Crippen molar-refractivity contribution in [3.05, 3.63) is 0 Å². The lowest BCUT2D eigenvalue weighted by Gasteiger charge is -2.24. The number of nitrogens with one attached hydrogen (secondary N) is 1. The van der Waals surface area contributed by atoms with Crippen LogP contribution in [0.15, 0.2) is 0 Å². The Morgan fingerprint density at radius 3 is 2.29 bits per heavy atom. The first-order valence-electron chi connectivity index (χ1n) is 5.70. The Bertz CT molecular complexity index is 128. The normalized spacial score (nSPS) is 15.9. The number of aliphatic hydroxyl groups is 1. The number of nitrogens with two attached hydrogens (primary N) is 1. The van der Waals surface area contributed by atoms with Crippen LogP contribution in [0.2, 0.25) is 0 Å². The molecule has 2 atom stereocenters. The van der Waals surface area contributed by atoms with Gasteiger partial charge in [-0.2, -0.15) is 0 Å². The topological polar surface area (TPSA) is 58.3 Å². The van der Waals surface area contributed by atoms with Crippen LogP contribution in [0.4, 0.5) is 0 Å². The fraction of sp³-hybridized carbons (Fsp3) is 1.00. The van der Waals surface area contributed by atoms with Crippen LogP contribution in [0.3, 0.4) is 0 Å². The molecule has 3 nitrogen and oxygen atoms in total. The molecule has 0 fully saturated rings. The van der Waals surface area contributed by atoms with Crippen LogP contribution in [-0.4, -0.2) is 30.3 Å². The van der Waals surface area contributed by atoms with Crippen LogP contribution < -0.4 is 11.1 Å². The first kappa shape index (κ1) is 13.9. The van der Waals surface area contributed by atoms with E-state index in [0.717, 1.165) is 19.3 Å². The summed E-state index contributed by atoms with van der Waals surface area (Å²) in [5, 5.41) is 12.4. The molecule has 86 valence electrons. The highest BCUT2D eigenvalue weighted by Gasteiger charge is 2.13. The summed E-state index contributed by atoms with van der Waals surface area (Å²) in [4.78, 5) is 0. The Morgan fingerprint density at radius 1 is 1.29 bits per heavy atom. The Morgan fingerprint density at radius 2 is 1.93 bits per heavy atom. The van der Waals surface area contributed by atoms with Gasteiger partial charge in [-0.05, 0) is 25.2 Å². The van der Waals surface area contributed by atoms with Crippen molar-refractivity contribution in [1.82, 2.24) is 5.32 Å². The van der Waals surface area contributed by atoms with E-state index in [1.165, 1.54) is 0 Å². The third-order valence-electron chi connectivity index (χ3n) is 2.48. The molecule has 0 radical (unpaired) electrons.